The Morgan fingerprint density at radius 3 is 2.62 bits per heavy atom. The van der Waals surface area contributed by atoms with Crippen molar-refractivity contribution >= 4 is 34.1 Å². The SMILES string of the molecule is Cc1ccc(CSc2nnc(NC(=O)[C@@H](C)Oc3ccccc3)s2)cc1. The summed E-state index contributed by atoms with van der Waals surface area (Å²) in [6, 6.07) is 17.6. The highest BCUT2D eigenvalue weighted by molar-refractivity contribution is 8.00. The van der Waals surface area contributed by atoms with Gasteiger partial charge in [0.15, 0.2) is 10.4 Å². The molecule has 26 heavy (non-hydrogen) atoms. The minimum absolute atomic E-state index is 0.250. The number of aromatic nitrogens is 2. The van der Waals surface area contributed by atoms with Crippen LogP contribution in [-0.4, -0.2) is 22.2 Å². The normalized spacial score (nSPS) is 11.8. The average Bonchev–Trinajstić information content (AvgIpc) is 3.09. The highest BCUT2D eigenvalue weighted by Gasteiger charge is 2.17. The van der Waals surface area contributed by atoms with Crippen molar-refractivity contribution in [2.45, 2.75) is 30.0 Å². The monoisotopic (exact) mass is 385 g/mol. The second kappa shape index (κ2) is 8.82. The molecule has 0 saturated carbocycles. The summed E-state index contributed by atoms with van der Waals surface area (Å²) >= 11 is 2.96. The van der Waals surface area contributed by atoms with Gasteiger partial charge in [0.2, 0.25) is 5.13 Å². The third-order valence-corrected chi connectivity index (χ3v) is 5.59. The van der Waals surface area contributed by atoms with Crippen LogP contribution in [0.15, 0.2) is 58.9 Å². The number of carbonyl (C=O) groups is 1. The molecule has 0 aliphatic rings. The van der Waals surface area contributed by atoms with Gasteiger partial charge in [-0.3, -0.25) is 10.1 Å². The van der Waals surface area contributed by atoms with Crippen LogP contribution in [0.1, 0.15) is 18.1 Å². The first-order chi connectivity index (χ1) is 12.6. The first kappa shape index (κ1) is 18.4. The van der Waals surface area contributed by atoms with Gasteiger partial charge in [0, 0.05) is 5.75 Å². The van der Waals surface area contributed by atoms with E-state index in [2.05, 4.69) is 46.7 Å². The number of amides is 1. The van der Waals surface area contributed by atoms with Gasteiger partial charge >= 0.3 is 0 Å². The maximum Gasteiger partial charge on any atom is 0.266 e. The van der Waals surface area contributed by atoms with Crippen LogP contribution in [0, 0.1) is 6.92 Å². The number of nitrogens with zero attached hydrogens (tertiary/aromatic N) is 2. The van der Waals surface area contributed by atoms with Gasteiger partial charge in [0.1, 0.15) is 5.75 Å². The Kier molecular flexibility index (Phi) is 6.25. The average molecular weight is 386 g/mol. The zero-order valence-corrected chi connectivity index (χ0v) is 16.1. The summed E-state index contributed by atoms with van der Waals surface area (Å²) in [6.45, 7) is 3.77. The Labute approximate surface area is 160 Å². The Morgan fingerprint density at radius 1 is 1.15 bits per heavy atom. The second-order valence-corrected chi connectivity index (χ2v) is 7.91. The number of nitrogens with one attached hydrogen (secondary N) is 1. The molecule has 2 aromatic carbocycles. The number of ether oxygens (including phenoxy) is 1. The fourth-order valence-corrected chi connectivity index (χ4v) is 3.82. The van der Waals surface area contributed by atoms with Gasteiger partial charge in [-0.2, -0.15) is 0 Å². The molecule has 0 spiro atoms. The molecule has 1 N–H and O–H groups in total. The lowest BCUT2D eigenvalue weighted by molar-refractivity contribution is -0.122. The third kappa shape index (κ3) is 5.31. The van der Waals surface area contributed by atoms with E-state index in [4.69, 9.17) is 4.74 Å². The van der Waals surface area contributed by atoms with Crippen molar-refractivity contribution in [3.05, 3.63) is 65.7 Å². The summed E-state index contributed by atoms with van der Waals surface area (Å²) in [4.78, 5) is 12.2. The summed E-state index contributed by atoms with van der Waals surface area (Å²) in [5.41, 5.74) is 2.47. The van der Waals surface area contributed by atoms with Gasteiger partial charge < -0.3 is 4.74 Å². The highest BCUT2D eigenvalue weighted by Crippen LogP contribution is 2.28. The zero-order chi connectivity index (χ0) is 18.4. The van der Waals surface area contributed by atoms with E-state index in [0.717, 1.165) is 10.1 Å². The first-order valence-corrected chi connectivity index (χ1v) is 9.95. The topological polar surface area (TPSA) is 64.1 Å². The number of para-hydroxylation sites is 1. The number of thioether (sulfide) groups is 1. The molecule has 0 aliphatic heterocycles. The van der Waals surface area contributed by atoms with Crippen molar-refractivity contribution in [3.63, 3.8) is 0 Å². The third-order valence-electron chi connectivity index (χ3n) is 3.54. The van der Waals surface area contributed by atoms with Gasteiger partial charge in [0.25, 0.3) is 5.91 Å². The molecule has 1 aromatic heterocycles. The smallest absolute Gasteiger partial charge is 0.266 e. The van der Waals surface area contributed by atoms with Crippen LogP contribution in [0.25, 0.3) is 0 Å². The fourth-order valence-electron chi connectivity index (χ4n) is 2.11. The van der Waals surface area contributed by atoms with E-state index in [1.54, 1.807) is 18.7 Å². The molecule has 0 saturated heterocycles. The minimum Gasteiger partial charge on any atom is -0.481 e. The predicted octanol–water partition coefficient (Wildman–Crippen LogP) is 4.54. The Balaban J connectivity index is 1.51. The van der Waals surface area contributed by atoms with E-state index < -0.39 is 6.10 Å². The molecular formula is C19H19N3O2S2. The lowest BCUT2D eigenvalue weighted by Gasteiger charge is -2.13. The van der Waals surface area contributed by atoms with Crippen LogP contribution in [0.5, 0.6) is 5.75 Å². The van der Waals surface area contributed by atoms with Crippen molar-refractivity contribution < 1.29 is 9.53 Å². The Hall–Kier alpha value is -2.38. The standard InChI is InChI=1S/C19H19N3O2S2/c1-13-8-10-15(11-9-13)12-25-19-22-21-18(26-19)20-17(23)14(2)24-16-6-4-3-5-7-16/h3-11,14H,12H2,1-2H3,(H,20,21,23)/t14-/m1/s1. The van der Waals surface area contributed by atoms with Gasteiger partial charge in [-0.1, -0.05) is 71.1 Å². The van der Waals surface area contributed by atoms with E-state index >= 15 is 0 Å². The summed E-state index contributed by atoms with van der Waals surface area (Å²) in [5.74, 6) is 1.22. The molecule has 0 aliphatic carbocycles. The van der Waals surface area contributed by atoms with E-state index in [1.807, 2.05) is 30.3 Å². The van der Waals surface area contributed by atoms with Gasteiger partial charge in [-0.05, 0) is 31.5 Å². The van der Waals surface area contributed by atoms with Crippen molar-refractivity contribution in [2.24, 2.45) is 0 Å². The molecule has 1 amide bonds. The molecule has 1 heterocycles. The molecule has 134 valence electrons. The summed E-state index contributed by atoms with van der Waals surface area (Å²) in [7, 11) is 0. The van der Waals surface area contributed by atoms with Crippen LogP contribution in [0.2, 0.25) is 0 Å². The molecule has 1 atom stereocenters. The van der Waals surface area contributed by atoms with Crippen molar-refractivity contribution in [3.8, 4) is 5.75 Å². The van der Waals surface area contributed by atoms with Crippen LogP contribution in [0.4, 0.5) is 5.13 Å². The maximum absolute atomic E-state index is 12.2. The van der Waals surface area contributed by atoms with Crippen molar-refractivity contribution in [2.75, 3.05) is 5.32 Å². The lowest BCUT2D eigenvalue weighted by Crippen LogP contribution is -2.30. The Bertz CT molecular complexity index is 851. The molecule has 3 rings (SSSR count). The molecule has 0 unspecified atom stereocenters. The highest BCUT2D eigenvalue weighted by atomic mass is 32.2. The lowest BCUT2D eigenvalue weighted by atomic mass is 10.2. The van der Waals surface area contributed by atoms with E-state index in [-0.39, 0.29) is 5.91 Å². The Morgan fingerprint density at radius 2 is 1.88 bits per heavy atom. The molecule has 0 bridgehead atoms. The second-order valence-electron chi connectivity index (χ2n) is 5.71. The number of anilines is 1. The number of hydrogen-bond donors (Lipinski definition) is 1. The fraction of sp³-hybridized carbons (Fsp3) is 0.211. The maximum atomic E-state index is 12.2. The molecular weight excluding hydrogens is 366 g/mol. The van der Waals surface area contributed by atoms with Gasteiger partial charge in [-0.25, -0.2) is 0 Å². The quantitative estimate of drug-likeness (QED) is 0.478. The number of aryl methyl sites for hydroxylation is 1. The molecule has 0 radical (unpaired) electrons. The van der Waals surface area contributed by atoms with E-state index in [0.29, 0.717) is 10.9 Å². The van der Waals surface area contributed by atoms with Gasteiger partial charge in [0.05, 0.1) is 0 Å². The molecule has 5 nitrogen and oxygen atoms in total. The summed E-state index contributed by atoms with van der Waals surface area (Å²) in [6.07, 6.45) is -0.620. The number of carbonyl (C=O) groups excluding carboxylic acids is 1. The number of rotatable bonds is 7. The number of hydrogen-bond acceptors (Lipinski definition) is 6. The number of benzene rings is 2. The molecule has 3 aromatic rings. The van der Waals surface area contributed by atoms with Crippen LogP contribution in [0.3, 0.4) is 0 Å². The predicted molar refractivity (Wildman–Crippen MR) is 106 cm³/mol. The van der Waals surface area contributed by atoms with Gasteiger partial charge in [-0.15, -0.1) is 10.2 Å². The minimum atomic E-state index is -0.620. The van der Waals surface area contributed by atoms with Crippen LogP contribution in [-0.2, 0) is 10.5 Å². The zero-order valence-electron chi connectivity index (χ0n) is 14.5. The summed E-state index contributed by atoms with van der Waals surface area (Å²) in [5, 5.41) is 11.4. The van der Waals surface area contributed by atoms with Crippen LogP contribution >= 0.6 is 23.1 Å². The van der Waals surface area contributed by atoms with E-state index in [9.17, 15) is 4.79 Å². The first-order valence-electron chi connectivity index (χ1n) is 8.14. The molecule has 0 fully saturated rings. The van der Waals surface area contributed by atoms with Crippen molar-refractivity contribution in [1.82, 2.24) is 10.2 Å². The molecule has 7 heteroatoms. The van der Waals surface area contributed by atoms with E-state index in [1.165, 1.54) is 22.5 Å². The van der Waals surface area contributed by atoms with Crippen LogP contribution < -0.4 is 10.1 Å². The largest absolute Gasteiger partial charge is 0.481 e. The summed E-state index contributed by atoms with van der Waals surface area (Å²) < 4.78 is 6.43. The van der Waals surface area contributed by atoms with Crippen molar-refractivity contribution in [1.29, 1.82) is 0 Å².